The average molecular weight is 429 g/mol. The van der Waals surface area contributed by atoms with Gasteiger partial charge in [0.15, 0.2) is 11.6 Å². The van der Waals surface area contributed by atoms with Gasteiger partial charge in [-0.3, -0.25) is 14.9 Å². The van der Waals surface area contributed by atoms with Crippen molar-refractivity contribution in [1.82, 2.24) is 19.7 Å². The number of hydrogen-bond donors (Lipinski definition) is 0. The fraction of sp³-hybridized carbons (Fsp3) is 0.250. The monoisotopic (exact) mass is 429 g/mol. The number of carbonyl (C=O) groups excluding carboxylic acids is 1. The number of nitrogens with zero attached hydrogens (tertiary/aromatic N) is 5. The van der Waals surface area contributed by atoms with E-state index in [1.54, 1.807) is 4.90 Å². The van der Waals surface area contributed by atoms with Crippen molar-refractivity contribution in [2.45, 2.75) is 18.9 Å². The zero-order valence-electron chi connectivity index (χ0n) is 16.1. The molecule has 0 spiro atoms. The topological polar surface area (TPSA) is 103 Å². The molecular formula is C20H17F2N5O4. The van der Waals surface area contributed by atoms with Gasteiger partial charge in [0, 0.05) is 43.6 Å². The third kappa shape index (κ3) is 4.34. The second-order valence-corrected chi connectivity index (χ2v) is 6.98. The van der Waals surface area contributed by atoms with Crippen LogP contribution in [0.25, 0.3) is 5.69 Å². The van der Waals surface area contributed by atoms with Crippen LogP contribution in [0.5, 0.6) is 5.75 Å². The van der Waals surface area contributed by atoms with Crippen LogP contribution in [0.4, 0.5) is 14.5 Å². The van der Waals surface area contributed by atoms with E-state index in [0.29, 0.717) is 25.9 Å². The molecule has 0 saturated carbocycles. The quantitative estimate of drug-likeness (QED) is 0.456. The van der Waals surface area contributed by atoms with E-state index in [4.69, 9.17) is 4.74 Å². The minimum atomic E-state index is -0.779. The summed E-state index contributed by atoms with van der Waals surface area (Å²) in [7, 11) is 0. The van der Waals surface area contributed by atoms with Gasteiger partial charge in [-0.2, -0.15) is 5.10 Å². The normalized spacial score (nSPS) is 14.5. The van der Waals surface area contributed by atoms with E-state index in [0.717, 1.165) is 12.1 Å². The van der Waals surface area contributed by atoms with Gasteiger partial charge in [0.1, 0.15) is 30.3 Å². The van der Waals surface area contributed by atoms with Gasteiger partial charge in [0.2, 0.25) is 0 Å². The van der Waals surface area contributed by atoms with E-state index >= 15 is 0 Å². The van der Waals surface area contributed by atoms with Crippen molar-refractivity contribution >= 4 is 11.6 Å². The van der Waals surface area contributed by atoms with Crippen LogP contribution in [0.2, 0.25) is 0 Å². The number of rotatable bonds is 5. The van der Waals surface area contributed by atoms with Crippen molar-refractivity contribution in [3.8, 4) is 11.4 Å². The maximum Gasteiger partial charge on any atom is 0.295 e. The number of hydrogen-bond acceptors (Lipinski definition) is 6. The molecule has 160 valence electrons. The van der Waals surface area contributed by atoms with Gasteiger partial charge in [-0.15, -0.1) is 0 Å². The van der Waals surface area contributed by atoms with Crippen LogP contribution < -0.4 is 4.74 Å². The molecule has 2 heterocycles. The lowest BCUT2D eigenvalue weighted by atomic mass is 10.1. The van der Waals surface area contributed by atoms with Crippen LogP contribution in [0.15, 0.2) is 49.1 Å². The van der Waals surface area contributed by atoms with E-state index in [2.05, 4.69) is 10.1 Å². The second kappa shape index (κ2) is 8.46. The zero-order valence-corrected chi connectivity index (χ0v) is 16.1. The number of nitro benzene ring substituents is 1. The Labute approximate surface area is 175 Å². The molecule has 3 aromatic rings. The van der Waals surface area contributed by atoms with E-state index in [-0.39, 0.29) is 34.7 Å². The highest BCUT2D eigenvalue weighted by atomic mass is 19.1. The lowest BCUT2D eigenvalue weighted by molar-refractivity contribution is -0.384. The Morgan fingerprint density at radius 2 is 1.94 bits per heavy atom. The van der Waals surface area contributed by atoms with E-state index in [1.165, 1.54) is 41.6 Å². The average Bonchev–Trinajstić information content (AvgIpc) is 3.30. The van der Waals surface area contributed by atoms with Gasteiger partial charge in [-0.25, -0.2) is 18.4 Å². The maximum absolute atomic E-state index is 13.8. The molecule has 31 heavy (non-hydrogen) atoms. The Balaban J connectivity index is 1.44. The fourth-order valence-corrected chi connectivity index (χ4v) is 3.44. The molecule has 4 rings (SSSR count). The molecule has 0 N–H and O–H groups in total. The molecular weight excluding hydrogens is 412 g/mol. The summed E-state index contributed by atoms with van der Waals surface area (Å²) >= 11 is 0. The number of carbonyl (C=O) groups is 1. The summed E-state index contributed by atoms with van der Waals surface area (Å²) in [4.78, 5) is 29.1. The third-order valence-electron chi connectivity index (χ3n) is 5.00. The lowest BCUT2D eigenvalue weighted by Gasteiger charge is -2.32. The lowest BCUT2D eigenvalue weighted by Crippen LogP contribution is -2.41. The highest BCUT2D eigenvalue weighted by Gasteiger charge is 2.27. The SMILES string of the molecule is O=C(c1ccc(-n2cncn2)c([N+](=O)[O-])c1)N1CCC(Oc2ccc(F)cc2F)CC1. The molecule has 0 aliphatic carbocycles. The molecule has 1 aliphatic heterocycles. The fourth-order valence-electron chi connectivity index (χ4n) is 3.44. The molecule has 1 aromatic heterocycles. The smallest absolute Gasteiger partial charge is 0.295 e. The Hall–Kier alpha value is -3.89. The predicted molar refractivity (Wildman–Crippen MR) is 104 cm³/mol. The maximum atomic E-state index is 13.8. The molecule has 1 amide bonds. The zero-order chi connectivity index (χ0) is 22.0. The molecule has 11 heteroatoms. The molecule has 2 aromatic carbocycles. The molecule has 1 aliphatic rings. The van der Waals surface area contributed by atoms with Gasteiger partial charge in [-0.1, -0.05) is 0 Å². The number of piperidine rings is 1. The van der Waals surface area contributed by atoms with Crippen molar-refractivity contribution in [1.29, 1.82) is 0 Å². The number of nitro groups is 1. The Morgan fingerprint density at radius 1 is 1.16 bits per heavy atom. The van der Waals surface area contributed by atoms with Crippen LogP contribution in [0.1, 0.15) is 23.2 Å². The van der Waals surface area contributed by atoms with Crippen LogP contribution in [0.3, 0.4) is 0 Å². The van der Waals surface area contributed by atoms with E-state index in [9.17, 15) is 23.7 Å². The second-order valence-electron chi connectivity index (χ2n) is 6.98. The largest absolute Gasteiger partial charge is 0.487 e. The highest BCUT2D eigenvalue weighted by molar-refractivity contribution is 5.95. The third-order valence-corrected chi connectivity index (χ3v) is 5.00. The van der Waals surface area contributed by atoms with Crippen molar-refractivity contribution in [2.75, 3.05) is 13.1 Å². The first kappa shape index (κ1) is 20.4. The van der Waals surface area contributed by atoms with Crippen LogP contribution in [-0.2, 0) is 0 Å². The van der Waals surface area contributed by atoms with Crippen molar-refractivity contribution in [2.24, 2.45) is 0 Å². The summed E-state index contributed by atoms with van der Waals surface area (Å²) in [5, 5.41) is 15.4. The molecule has 0 bridgehead atoms. The summed E-state index contributed by atoms with van der Waals surface area (Å²) in [5.74, 6) is -1.85. The van der Waals surface area contributed by atoms with Crippen LogP contribution in [0, 0.1) is 21.7 Å². The van der Waals surface area contributed by atoms with Crippen molar-refractivity contribution < 1.29 is 23.2 Å². The Kier molecular flexibility index (Phi) is 5.56. The van der Waals surface area contributed by atoms with Gasteiger partial charge in [-0.05, 0) is 24.3 Å². The van der Waals surface area contributed by atoms with E-state index < -0.39 is 16.6 Å². The molecule has 1 fully saturated rings. The number of likely N-dealkylation sites (tertiary alicyclic amines) is 1. The number of ether oxygens (including phenoxy) is 1. The first-order valence-corrected chi connectivity index (χ1v) is 9.47. The molecule has 0 radical (unpaired) electrons. The Morgan fingerprint density at radius 3 is 2.58 bits per heavy atom. The number of aromatic nitrogens is 3. The molecule has 0 atom stereocenters. The van der Waals surface area contributed by atoms with Gasteiger partial charge in [0.05, 0.1) is 4.92 Å². The number of benzene rings is 2. The molecule has 9 nitrogen and oxygen atoms in total. The van der Waals surface area contributed by atoms with Crippen molar-refractivity contribution in [3.05, 3.63) is 76.4 Å². The summed E-state index contributed by atoms with van der Waals surface area (Å²) in [6, 6.07) is 7.28. The van der Waals surface area contributed by atoms with Crippen LogP contribution in [-0.4, -0.2) is 49.7 Å². The summed E-state index contributed by atoms with van der Waals surface area (Å²) in [5.41, 5.74) is 0.119. The first-order chi connectivity index (χ1) is 14.9. The predicted octanol–water partition coefficient (Wildman–Crippen LogP) is 3.14. The minimum absolute atomic E-state index is 0.0366. The van der Waals surface area contributed by atoms with Gasteiger partial charge in [0.25, 0.3) is 11.6 Å². The van der Waals surface area contributed by atoms with Crippen LogP contribution >= 0.6 is 0 Å². The molecule has 0 unspecified atom stereocenters. The highest BCUT2D eigenvalue weighted by Crippen LogP contribution is 2.26. The number of amides is 1. The van der Waals surface area contributed by atoms with Gasteiger partial charge >= 0.3 is 0 Å². The Bertz CT molecular complexity index is 1110. The molecule has 1 saturated heterocycles. The van der Waals surface area contributed by atoms with Crippen molar-refractivity contribution in [3.63, 3.8) is 0 Å². The van der Waals surface area contributed by atoms with E-state index in [1.807, 2.05) is 0 Å². The first-order valence-electron chi connectivity index (χ1n) is 9.47. The number of halogens is 2. The summed E-state index contributed by atoms with van der Waals surface area (Å²) in [6.07, 6.45) is 3.16. The summed E-state index contributed by atoms with van der Waals surface area (Å²) in [6.45, 7) is 0.676. The minimum Gasteiger partial charge on any atom is -0.487 e. The van der Waals surface area contributed by atoms with Gasteiger partial charge < -0.3 is 9.64 Å². The summed E-state index contributed by atoms with van der Waals surface area (Å²) < 4.78 is 33.6. The standard InChI is InChI=1S/C20H17F2N5O4/c21-14-2-4-19(16(22)10-14)31-15-5-7-25(8-6-15)20(28)13-1-3-17(18(9-13)27(29)30)26-12-23-11-24-26/h1-4,9-12,15H,5-8H2.